The first-order chi connectivity index (χ1) is 18.4. The second kappa shape index (κ2) is 12.2. The summed E-state index contributed by atoms with van der Waals surface area (Å²) in [5, 5.41) is 0. The molecule has 0 bridgehead atoms. The van der Waals surface area contributed by atoms with Crippen LogP contribution in [-0.4, -0.2) is 33.4 Å². The van der Waals surface area contributed by atoms with Crippen LogP contribution in [0.3, 0.4) is 0 Å². The van der Waals surface area contributed by atoms with E-state index >= 15 is 0 Å². The minimum atomic E-state index is -0.213. The molecule has 4 rings (SSSR count). The summed E-state index contributed by atoms with van der Waals surface area (Å²) < 4.78 is 2.29. The molecule has 3 aromatic carbocycles. The van der Waals surface area contributed by atoms with Gasteiger partial charge in [-0.3, -0.25) is 4.79 Å². The second-order valence-electron chi connectivity index (χ2n) is 10.4. The first-order valence-electron chi connectivity index (χ1n) is 13.6. The molecule has 0 spiro atoms. The van der Waals surface area contributed by atoms with Crippen molar-refractivity contribution in [1.29, 1.82) is 0 Å². The highest BCUT2D eigenvalue weighted by molar-refractivity contribution is 5.94. The van der Waals surface area contributed by atoms with Crippen LogP contribution in [0.1, 0.15) is 71.7 Å². The van der Waals surface area contributed by atoms with Crippen molar-refractivity contribution >= 4 is 23.0 Å². The lowest BCUT2D eigenvalue weighted by atomic mass is 9.99. The zero-order valence-electron chi connectivity index (χ0n) is 23.2. The van der Waals surface area contributed by atoms with Gasteiger partial charge < -0.3 is 15.2 Å². The highest BCUT2D eigenvalue weighted by Gasteiger charge is 2.32. The molecule has 5 heteroatoms. The molecule has 0 saturated carbocycles. The molecule has 0 aliphatic carbocycles. The monoisotopic (exact) mass is 508 g/mol. The Morgan fingerprint density at radius 3 is 2.50 bits per heavy atom. The summed E-state index contributed by atoms with van der Waals surface area (Å²) in [7, 11) is 0. The van der Waals surface area contributed by atoms with Crippen LogP contribution in [0.15, 0.2) is 73.3 Å². The topological polar surface area (TPSA) is 64.2 Å². The number of aryl methyl sites for hydroxylation is 2. The van der Waals surface area contributed by atoms with E-state index in [1.807, 2.05) is 42.2 Å². The van der Waals surface area contributed by atoms with Crippen molar-refractivity contribution in [3.8, 4) is 0 Å². The number of nitrogens with zero attached hydrogens (tertiary/aromatic N) is 3. The Bertz CT molecular complexity index is 1400. The van der Waals surface area contributed by atoms with Crippen molar-refractivity contribution < 1.29 is 4.79 Å². The Hall–Kier alpha value is -3.70. The molecule has 2 N–H and O–H groups in total. The molecule has 0 saturated heterocycles. The van der Waals surface area contributed by atoms with E-state index in [1.54, 1.807) is 0 Å². The van der Waals surface area contributed by atoms with Gasteiger partial charge in [-0.15, -0.1) is 0 Å². The fourth-order valence-corrected chi connectivity index (χ4v) is 5.09. The normalized spacial score (nSPS) is 12.2. The van der Waals surface area contributed by atoms with Gasteiger partial charge in [0.05, 0.1) is 17.1 Å². The van der Waals surface area contributed by atoms with Gasteiger partial charge in [0.15, 0.2) is 0 Å². The molecular weight excluding hydrogens is 468 g/mol. The quantitative estimate of drug-likeness (QED) is 0.243. The fourth-order valence-electron chi connectivity index (χ4n) is 5.09. The van der Waals surface area contributed by atoms with Crippen LogP contribution in [0.25, 0.3) is 17.1 Å². The number of aromatic nitrogens is 2. The highest BCUT2D eigenvalue weighted by Crippen LogP contribution is 2.33. The van der Waals surface area contributed by atoms with E-state index in [2.05, 4.69) is 74.4 Å². The minimum Gasteiger partial charge on any atom is -0.330 e. The van der Waals surface area contributed by atoms with Gasteiger partial charge in [0.2, 0.25) is 0 Å². The zero-order valence-corrected chi connectivity index (χ0v) is 23.2. The third kappa shape index (κ3) is 5.89. The summed E-state index contributed by atoms with van der Waals surface area (Å²) in [6.07, 6.45) is 3.54. The predicted molar refractivity (Wildman–Crippen MR) is 158 cm³/mol. The third-order valence-corrected chi connectivity index (χ3v) is 7.17. The molecule has 0 fully saturated rings. The van der Waals surface area contributed by atoms with Crippen molar-refractivity contribution in [1.82, 2.24) is 14.5 Å². The molecule has 0 aliphatic heterocycles. The Balaban J connectivity index is 1.88. The number of imidazole rings is 1. The van der Waals surface area contributed by atoms with Crippen LogP contribution < -0.4 is 5.73 Å². The van der Waals surface area contributed by atoms with Crippen LogP contribution in [0.2, 0.25) is 0 Å². The van der Waals surface area contributed by atoms with Crippen molar-refractivity contribution in [3.63, 3.8) is 0 Å². The van der Waals surface area contributed by atoms with Crippen molar-refractivity contribution in [2.75, 3.05) is 13.1 Å². The summed E-state index contributed by atoms with van der Waals surface area (Å²) >= 11 is 0. The van der Waals surface area contributed by atoms with Crippen LogP contribution in [-0.2, 0) is 13.0 Å². The minimum absolute atomic E-state index is 0.0126. The summed E-state index contributed by atoms with van der Waals surface area (Å²) in [4.78, 5) is 21.2. The standard InChI is InChI=1S/C33H40N4O/c1-6-25-10-8-11-27(20-25)22-37-30-17-14-26(7-2)21-29(30)35-32(37)31(23(3)4)36(19-9-18-34)33(38)28-15-12-24(5)13-16-28/h6,8,10-17,20-21,23,31H,1,7,9,18-19,22,34H2,2-5H3/t31-/m1/s1. The van der Waals surface area contributed by atoms with Gasteiger partial charge in [-0.1, -0.05) is 75.4 Å². The Kier molecular flexibility index (Phi) is 8.80. The van der Waals surface area contributed by atoms with E-state index in [9.17, 15) is 4.79 Å². The maximum absolute atomic E-state index is 14.0. The Morgan fingerprint density at radius 2 is 1.84 bits per heavy atom. The van der Waals surface area contributed by atoms with Crippen molar-refractivity contribution in [2.45, 2.75) is 53.1 Å². The number of hydrogen-bond donors (Lipinski definition) is 1. The molecule has 198 valence electrons. The third-order valence-electron chi connectivity index (χ3n) is 7.17. The van der Waals surface area contributed by atoms with E-state index in [4.69, 9.17) is 10.7 Å². The van der Waals surface area contributed by atoms with Gasteiger partial charge in [0, 0.05) is 18.7 Å². The Morgan fingerprint density at radius 1 is 1.08 bits per heavy atom. The van der Waals surface area contributed by atoms with Crippen LogP contribution in [0.5, 0.6) is 0 Å². The van der Waals surface area contributed by atoms with E-state index in [1.165, 1.54) is 11.1 Å². The van der Waals surface area contributed by atoms with Gasteiger partial charge in [-0.05, 0) is 79.3 Å². The smallest absolute Gasteiger partial charge is 0.254 e. The number of carbonyl (C=O) groups is 1. The van der Waals surface area contributed by atoms with E-state index in [0.29, 0.717) is 25.2 Å². The summed E-state index contributed by atoms with van der Waals surface area (Å²) in [5.74, 6) is 1.06. The Labute approximate surface area is 227 Å². The number of hydrogen-bond acceptors (Lipinski definition) is 3. The molecule has 1 atom stereocenters. The summed E-state index contributed by atoms with van der Waals surface area (Å²) in [6, 6.07) is 22.6. The van der Waals surface area contributed by atoms with Gasteiger partial charge in [-0.25, -0.2) is 4.98 Å². The fraction of sp³-hybridized carbons (Fsp3) is 0.333. The average Bonchev–Trinajstić information content (AvgIpc) is 3.27. The zero-order chi connectivity index (χ0) is 27.2. The number of amides is 1. The average molecular weight is 509 g/mol. The van der Waals surface area contributed by atoms with E-state index < -0.39 is 0 Å². The molecule has 0 unspecified atom stereocenters. The van der Waals surface area contributed by atoms with Crippen molar-refractivity contribution in [2.24, 2.45) is 11.7 Å². The number of benzene rings is 3. The maximum atomic E-state index is 14.0. The molecule has 4 aromatic rings. The second-order valence-corrected chi connectivity index (χ2v) is 10.4. The van der Waals surface area contributed by atoms with Gasteiger partial charge in [0.1, 0.15) is 5.82 Å². The van der Waals surface area contributed by atoms with Gasteiger partial charge >= 0.3 is 0 Å². The molecule has 1 amide bonds. The molecule has 0 aliphatic rings. The lowest BCUT2D eigenvalue weighted by Crippen LogP contribution is -2.40. The van der Waals surface area contributed by atoms with E-state index in [-0.39, 0.29) is 17.9 Å². The molecule has 0 radical (unpaired) electrons. The van der Waals surface area contributed by atoms with Crippen LogP contribution in [0, 0.1) is 12.8 Å². The lowest BCUT2D eigenvalue weighted by Gasteiger charge is -2.34. The molecular formula is C33H40N4O. The summed E-state index contributed by atoms with van der Waals surface area (Å²) in [6.45, 7) is 14.2. The molecule has 1 heterocycles. The van der Waals surface area contributed by atoms with Gasteiger partial charge in [0.25, 0.3) is 5.91 Å². The number of nitrogens with two attached hydrogens (primary N) is 1. The summed E-state index contributed by atoms with van der Waals surface area (Å²) in [5.41, 5.74) is 13.3. The SMILES string of the molecule is C=Cc1cccc(Cn2c([C@@H](C(C)C)N(CCCN)C(=O)c3ccc(C)cc3)nc3cc(CC)ccc32)c1. The van der Waals surface area contributed by atoms with E-state index in [0.717, 1.165) is 40.8 Å². The number of fused-ring (bicyclic) bond motifs is 1. The predicted octanol–water partition coefficient (Wildman–Crippen LogP) is 6.79. The largest absolute Gasteiger partial charge is 0.330 e. The number of rotatable bonds is 11. The van der Waals surface area contributed by atoms with Crippen molar-refractivity contribution in [3.05, 3.63) is 107 Å². The van der Waals surface area contributed by atoms with Gasteiger partial charge in [-0.2, -0.15) is 0 Å². The first-order valence-corrected chi connectivity index (χ1v) is 13.6. The molecule has 5 nitrogen and oxygen atoms in total. The first kappa shape index (κ1) is 27.3. The van der Waals surface area contributed by atoms with Crippen LogP contribution in [0.4, 0.5) is 0 Å². The maximum Gasteiger partial charge on any atom is 0.254 e. The molecule has 1 aromatic heterocycles. The number of carbonyl (C=O) groups excluding carboxylic acids is 1. The van der Waals surface area contributed by atoms with Crippen LogP contribution >= 0.6 is 0 Å². The highest BCUT2D eigenvalue weighted by atomic mass is 16.2. The molecule has 38 heavy (non-hydrogen) atoms. The lowest BCUT2D eigenvalue weighted by molar-refractivity contribution is 0.0605.